The summed E-state index contributed by atoms with van der Waals surface area (Å²) in [6.45, 7) is -0.0482. The summed E-state index contributed by atoms with van der Waals surface area (Å²) in [6, 6.07) is 21.7. The lowest BCUT2D eigenvalue weighted by atomic mass is 10.0. The van der Waals surface area contributed by atoms with Crippen LogP contribution in [0, 0.1) is 0 Å². The molecule has 0 unspecified atom stereocenters. The average Bonchev–Trinajstić information content (AvgIpc) is 3.00. The Morgan fingerprint density at radius 1 is 0.833 bits per heavy atom. The van der Waals surface area contributed by atoms with Gasteiger partial charge in [0.05, 0.1) is 24.4 Å². The van der Waals surface area contributed by atoms with Crippen LogP contribution in [0.5, 0.6) is 0 Å². The zero-order valence-electron chi connectivity index (χ0n) is 23.1. The fraction of sp³-hybridized carbons (Fsp3) is 0.344. The molecule has 0 bridgehead atoms. The monoisotopic (exact) mass is 593 g/mol. The van der Waals surface area contributed by atoms with Crippen LogP contribution >= 0.6 is 11.8 Å². The number of rotatable bonds is 14. The number of carbonyl (C=O) groups is 3. The zero-order chi connectivity index (χ0) is 29.9. The fourth-order valence-corrected chi connectivity index (χ4v) is 5.73. The number of carbonyl (C=O) groups excluding carboxylic acids is 1. The molecule has 1 aliphatic rings. The van der Waals surface area contributed by atoms with E-state index in [0.29, 0.717) is 48.4 Å². The summed E-state index contributed by atoms with van der Waals surface area (Å²) in [5.41, 5.74) is 3.42. The van der Waals surface area contributed by atoms with Crippen LogP contribution in [0.1, 0.15) is 78.0 Å². The van der Waals surface area contributed by atoms with Crippen LogP contribution in [0.3, 0.4) is 0 Å². The summed E-state index contributed by atoms with van der Waals surface area (Å²) in [7, 11) is 0. The van der Waals surface area contributed by atoms with Gasteiger partial charge in [-0.2, -0.15) is 0 Å². The standard InChI is InChI=1S/C32H35NO8S/c34-19-21-10-12-22(13-11-21)27-18-25(20-42-28-7-5-4-6-26(28)31(38)39)40-32(41-27)23-14-16-24(17-15-23)33-29(35)8-2-1-3-9-30(36)37/h4-7,10-17,25,27,32,34H,1-3,8-9,18-20H2,(H,33,35)(H,36,37)(H,38,39)/t25-,27+,32+/m1/s1. The Morgan fingerprint density at radius 3 is 2.21 bits per heavy atom. The number of aliphatic carboxylic acids is 1. The minimum atomic E-state index is -0.976. The highest BCUT2D eigenvalue weighted by atomic mass is 32.2. The Bertz CT molecular complexity index is 1350. The summed E-state index contributed by atoms with van der Waals surface area (Å²) in [5.74, 6) is -1.41. The number of carboxylic acid groups (broad SMARTS) is 2. The molecular weight excluding hydrogens is 558 g/mol. The van der Waals surface area contributed by atoms with E-state index in [1.165, 1.54) is 11.8 Å². The van der Waals surface area contributed by atoms with Gasteiger partial charge in [-0.15, -0.1) is 11.8 Å². The number of benzene rings is 3. The maximum absolute atomic E-state index is 12.3. The molecule has 4 rings (SSSR count). The quantitative estimate of drug-likeness (QED) is 0.127. The van der Waals surface area contributed by atoms with E-state index in [1.807, 2.05) is 42.5 Å². The largest absolute Gasteiger partial charge is 0.481 e. The van der Waals surface area contributed by atoms with E-state index in [4.69, 9.17) is 14.6 Å². The van der Waals surface area contributed by atoms with Crippen LogP contribution in [0.15, 0.2) is 77.7 Å². The molecule has 1 saturated heterocycles. The van der Waals surface area contributed by atoms with Crippen LogP contribution in [0.4, 0.5) is 5.69 Å². The topological polar surface area (TPSA) is 142 Å². The molecule has 9 nitrogen and oxygen atoms in total. The summed E-state index contributed by atoms with van der Waals surface area (Å²) in [4.78, 5) is 35.3. The third-order valence-electron chi connectivity index (χ3n) is 6.92. The van der Waals surface area contributed by atoms with Crippen LogP contribution in [0.2, 0.25) is 0 Å². The van der Waals surface area contributed by atoms with Crippen LogP contribution in [-0.4, -0.2) is 45.0 Å². The van der Waals surface area contributed by atoms with Gasteiger partial charge in [-0.25, -0.2) is 4.79 Å². The highest BCUT2D eigenvalue weighted by molar-refractivity contribution is 7.99. The predicted molar refractivity (Wildman–Crippen MR) is 158 cm³/mol. The van der Waals surface area contributed by atoms with Crippen molar-refractivity contribution in [1.82, 2.24) is 0 Å². The van der Waals surface area contributed by atoms with Crippen LogP contribution < -0.4 is 5.32 Å². The molecular formula is C32H35NO8S. The second-order valence-electron chi connectivity index (χ2n) is 10.1. The van der Waals surface area contributed by atoms with Gasteiger partial charge in [0.1, 0.15) is 0 Å². The number of anilines is 1. The molecule has 42 heavy (non-hydrogen) atoms. The van der Waals surface area contributed by atoms with E-state index >= 15 is 0 Å². The Balaban J connectivity index is 1.42. The number of aliphatic hydroxyl groups is 1. The molecule has 0 aliphatic carbocycles. The number of unbranched alkanes of at least 4 members (excludes halogenated alkanes) is 2. The number of carboxylic acids is 2. The molecule has 0 aromatic heterocycles. The second kappa shape index (κ2) is 15.5. The number of hydrogen-bond acceptors (Lipinski definition) is 7. The molecule has 222 valence electrons. The normalized spacial score (nSPS) is 18.4. The van der Waals surface area contributed by atoms with E-state index in [0.717, 1.165) is 16.7 Å². The Hall–Kier alpha value is -3.70. The molecule has 3 aromatic rings. The summed E-state index contributed by atoms with van der Waals surface area (Å²) in [6.07, 6.45) is 1.65. The van der Waals surface area contributed by atoms with Crippen molar-refractivity contribution >= 4 is 35.3 Å². The molecule has 0 saturated carbocycles. The molecule has 3 aromatic carbocycles. The van der Waals surface area contributed by atoms with Gasteiger partial charge in [0, 0.05) is 41.2 Å². The van der Waals surface area contributed by atoms with Gasteiger partial charge in [0.15, 0.2) is 6.29 Å². The van der Waals surface area contributed by atoms with E-state index in [9.17, 15) is 24.6 Å². The number of aromatic carboxylic acids is 1. The van der Waals surface area contributed by atoms with Crippen molar-refractivity contribution in [3.63, 3.8) is 0 Å². The van der Waals surface area contributed by atoms with Crippen molar-refractivity contribution < 1.29 is 39.2 Å². The van der Waals surface area contributed by atoms with Crippen molar-refractivity contribution in [2.45, 2.75) is 68.5 Å². The van der Waals surface area contributed by atoms with Crippen LogP contribution in [-0.2, 0) is 25.7 Å². The van der Waals surface area contributed by atoms with Gasteiger partial charge in [0.2, 0.25) is 5.91 Å². The number of hydrogen-bond donors (Lipinski definition) is 4. The minimum Gasteiger partial charge on any atom is -0.481 e. The Kier molecular flexibility index (Phi) is 11.5. The highest BCUT2D eigenvalue weighted by Crippen LogP contribution is 2.40. The smallest absolute Gasteiger partial charge is 0.336 e. The van der Waals surface area contributed by atoms with Gasteiger partial charge in [-0.1, -0.05) is 55.0 Å². The lowest BCUT2D eigenvalue weighted by Crippen LogP contribution is -2.31. The SMILES string of the molecule is O=C(O)CCCCCC(=O)Nc1ccc([C@H]2O[C@@H](CSc3ccccc3C(=O)O)C[C@@H](c3ccc(CO)cc3)O2)cc1. The molecule has 0 spiro atoms. The van der Waals surface area contributed by atoms with Gasteiger partial charge in [-0.05, 0) is 48.2 Å². The van der Waals surface area contributed by atoms with Crippen molar-refractivity contribution in [3.05, 3.63) is 95.1 Å². The Morgan fingerprint density at radius 2 is 1.52 bits per heavy atom. The third kappa shape index (κ3) is 9.15. The van der Waals surface area contributed by atoms with E-state index in [-0.39, 0.29) is 36.7 Å². The third-order valence-corrected chi connectivity index (χ3v) is 8.12. The van der Waals surface area contributed by atoms with Crippen molar-refractivity contribution in [1.29, 1.82) is 0 Å². The zero-order valence-corrected chi connectivity index (χ0v) is 23.9. The molecule has 4 N–H and O–H groups in total. The molecule has 10 heteroatoms. The second-order valence-corrected chi connectivity index (χ2v) is 11.1. The van der Waals surface area contributed by atoms with E-state index in [2.05, 4.69) is 5.32 Å². The Labute approximate surface area is 248 Å². The van der Waals surface area contributed by atoms with Gasteiger partial charge in [0.25, 0.3) is 0 Å². The molecule has 1 aliphatic heterocycles. The molecule has 1 amide bonds. The molecule has 3 atom stereocenters. The van der Waals surface area contributed by atoms with Crippen molar-refractivity contribution in [2.24, 2.45) is 0 Å². The highest BCUT2D eigenvalue weighted by Gasteiger charge is 2.32. The van der Waals surface area contributed by atoms with Crippen molar-refractivity contribution in [2.75, 3.05) is 11.1 Å². The van der Waals surface area contributed by atoms with Crippen LogP contribution in [0.25, 0.3) is 0 Å². The first-order valence-corrected chi connectivity index (χ1v) is 14.9. The first-order valence-electron chi connectivity index (χ1n) is 13.9. The van der Waals surface area contributed by atoms with Gasteiger partial charge < -0.3 is 30.1 Å². The number of amides is 1. The first kappa shape index (κ1) is 31.2. The molecule has 1 fully saturated rings. The number of nitrogens with one attached hydrogen (secondary N) is 1. The number of thioether (sulfide) groups is 1. The molecule has 1 heterocycles. The lowest BCUT2D eigenvalue weighted by molar-refractivity contribution is -0.245. The number of aliphatic hydroxyl groups excluding tert-OH is 1. The summed E-state index contributed by atoms with van der Waals surface area (Å²) >= 11 is 1.43. The van der Waals surface area contributed by atoms with E-state index in [1.54, 1.807) is 30.3 Å². The fourth-order valence-electron chi connectivity index (χ4n) is 4.66. The van der Waals surface area contributed by atoms with E-state index < -0.39 is 18.2 Å². The average molecular weight is 594 g/mol. The maximum atomic E-state index is 12.3. The number of ether oxygens (including phenoxy) is 2. The summed E-state index contributed by atoms with van der Waals surface area (Å²) in [5, 5.41) is 30.6. The summed E-state index contributed by atoms with van der Waals surface area (Å²) < 4.78 is 12.7. The first-order chi connectivity index (χ1) is 20.3. The lowest BCUT2D eigenvalue weighted by Gasteiger charge is -2.36. The predicted octanol–water partition coefficient (Wildman–Crippen LogP) is 6.19. The maximum Gasteiger partial charge on any atom is 0.336 e. The minimum absolute atomic E-state index is 0.0482. The van der Waals surface area contributed by atoms with Gasteiger partial charge >= 0.3 is 11.9 Å². The van der Waals surface area contributed by atoms with Gasteiger partial charge in [-0.3, -0.25) is 9.59 Å². The van der Waals surface area contributed by atoms with Crippen molar-refractivity contribution in [3.8, 4) is 0 Å². The molecule has 0 radical (unpaired) electrons.